The van der Waals surface area contributed by atoms with Crippen LogP contribution in [0, 0.1) is 6.92 Å². The first-order chi connectivity index (χ1) is 11.8. The normalized spacial score (nSPS) is 15.6. The minimum absolute atomic E-state index is 0.0732. The van der Waals surface area contributed by atoms with Crippen molar-refractivity contribution in [1.82, 2.24) is 0 Å². The molecule has 0 amide bonds. The van der Waals surface area contributed by atoms with Gasteiger partial charge in [0.2, 0.25) is 0 Å². The number of allylic oxidation sites excluding steroid dienone is 2. The van der Waals surface area contributed by atoms with E-state index < -0.39 is 12.1 Å². The minimum Gasteiger partial charge on any atom is -0.507 e. The van der Waals surface area contributed by atoms with Crippen molar-refractivity contribution in [3.8, 4) is 17.2 Å². The molecule has 3 N–H and O–H groups in total. The van der Waals surface area contributed by atoms with Crippen molar-refractivity contribution in [2.45, 2.75) is 33.3 Å². The van der Waals surface area contributed by atoms with Gasteiger partial charge in [0.15, 0.2) is 6.10 Å². The summed E-state index contributed by atoms with van der Waals surface area (Å²) in [5, 5.41) is 31.0. The maximum absolute atomic E-state index is 12.1. The second kappa shape index (κ2) is 6.16. The maximum atomic E-state index is 12.1. The van der Waals surface area contributed by atoms with E-state index in [1.807, 2.05) is 19.9 Å². The molecule has 5 nitrogen and oxygen atoms in total. The molecule has 1 unspecified atom stereocenters. The van der Waals surface area contributed by atoms with Gasteiger partial charge in [-0.1, -0.05) is 23.8 Å². The number of phenolic OH excluding ortho intramolecular Hbond substituents is 3. The molecule has 0 saturated heterocycles. The fourth-order valence-corrected chi connectivity index (χ4v) is 3.05. The standard InChI is InChI=1S/C20H20O5/c1-10(2)4-5-12-6-7-14(21)17(18(12)23)19-13-8-11(3)9-15(22)16(13)20(24)25-19/h4,6-9,19,21-23H,5H2,1-3H3. The Morgan fingerprint density at radius 3 is 2.56 bits per heavy atom. The molecule has 1 aliphatic heterocycles. The summed E-state index contributed by atoms with van der Waals surface area (Å²) in [6.07, 6.45) is 1.49. The van der Waals surface area contributed by atoms with Gasteiger partial charge in [-0.15, -0.1) is 0 Å². The molecule has 0 saturated carbocycles. The van der Waals surface area contributed by atoms with Gasteiger partial charge in [-0.2, -0.15) is 0 Å². The van der Waals surface area contributed by atoms with Crippen molar-refractivity contribution in [1.29, 1.82) is 0 Å². The number of hydrogen-bond donors (Lipinski definition) is 3. The summed E-state index contributed by atoms with van der Waals surface area (Å²) in [4.78, 5) is 12.1. The summed E-state index contributed by atoms with van der Waals surface area (Å²) >= 11 is 0. The highest BCUT2D eigenvalue weighted by Crippen LogP contribution is 2.47. The Hall–Kier alpha value is -2.95. The number of fused-ring (bicyclic) bond motifs is 1. The Morgan fingerprint density at radius 1 is 1.16 bits per heavy atom. The van der Waals surface area contributed by atoms with Gasteiger partial charge in [0, 0.05) is 5.56 Å². The smallest absolute Gasteiger partial charge is 0.343 e. The zero-order valence-corrected chi connectivity index (χ0v) is 14.3. The Bertz CT molecular complexity index is 891. The molecule has 0 aromatic heterocycles. The van der Waals surface area contributed by atoms with Gasteiger partial charge in [-0.05, 0) is 50.5 Å². The Kier molecular flexibility index (Phi) is 4.17. The number of esters is 1. The highest BCUT2D eigenvalue weighted by molar-refractivity contribution is 5.97. The van der Waals surface area contributed by atoms with Crippen LogP contribution in [0.5, 0.6) is 17.2 Å². The Labute approximate surface area is 145 Å². The van der Waals surface area contributed by atoms with Gasteiger partial charge >= 0.3 is 5.97 Å². The van der Waals surface area contributed by atoms with E-state index in [1.54, 1.807) is 19.1 Å². The quantitative estimate of drug-likeness (QED) is 0.583. The molecule has 0 spiro atoms. The van der Waals surface area contributed by atoms with Crippen LogP contribution in [0.25, 0.3) is 0 Å². The molecular weight excluding hydrogens is 320 g/mol. The van der Waals surface area contributed by atoms with E-state index >= 15 is 0 Å². The third kappa shape index (κ3) is 2.93. The third-order valence-corrected chi connectivity index (χ3v) is 4.27. The second-order valence-corrected chi connectivity index (χ2v) is 6.53. The lowest BCUT2D eigenvalue weighted by atomic mass is 9.93. The van der Waals surface area contributed by atoms with Crippen molar-refractivity contribution < 1.29 is 24.9 Å². The maximum Gasteiger partial charge on any atom is 0.343 e. The number of hydrogen-bond acceptors (Lipinski definition) is 5. The van der Waals surface area contributed by atoms with Gasteiger partial charge < -0.3 is 20.1 Å². The molecule has 3 rings (SSSR count). The molecular formula is C20H20O5. The molecule has 2 aromatic rings. The Balaban J connectivity index is 2.15. The van der Waals surface area contributed by atoms with E-state index in [0.29, 0.717) is 17.5 Å². The van der Waals surface area contributed by atoms with Crippen LogP contribution in [-0.4, -0.2) is 21.3 Å². The number of carbonyl (C=O) groups is 1. The van der Waals surface area contributed by atoms with Crippen LogP contribution in [0.3, 0.4) is 0 Å². The fraction of sp³-hybridized carbons (Fsp3) is 0.250. The van der Waals surface area contributed by atoms with Crippen molar-refractivity contribution in [2.75, 3.05) is 0 Å². The van der Waals surface area contributed by atoms with E-state index in [4.69, 9.17) is 4.74 Å². The number of aromatic hydroxyl groups is 3. The predicted molar refractivity (Wildman–Crippen MR) is 93.0 cm³/mol. The van der Waals surface area contributed by atoms with E-state index in [1.165, 1.54) is 12.1 Å². The van der Waals surface area contributed by atoms with E-state index in [0.717, 1.165) is 11.1 Å². The molecule has 1 aliphatic rings. The molecule has 130 valence electrons. The summed E-state index contributed by atoms with van der Waals surface area (Å²) in [5.41, 5.74) is 3.12. The number of cyclic esters (lactones) is 1. The van der Waals surface area contributed by atoms with Crippen LogP contribution in [-0.2, 0) is 11.2 Å². The topological polar surface area (TPSA) is 87.0 Å². The lowest BCUT2D eigenvalue weighted by Crippen LogP contribution is -2.03. The molecule has 1 heterocycles. The number of rotatable bonds is 3. The van der Waals surface area contributed by atoms with Crippen LogP contribution in [0.4, 0.5) is 0 Å². The minimum atomic E-state index is -0.958. The molecule has 0 bridgehead atoms. The first kappa shape index (κ1) is 16.9. The van der Waals surface area contributed by atoms with Crippen molar-refractivity contribution in [3.63, 3.8) is 0 Å². The Morgan fingerprint density at radius 2 is 1.88 bits per heavy atom. The van der Waals surface area contributed by atoms with Crippen LogP contribution < -0.4 is 0 Å². The highest BCUT2D eigenvalue weighted by Gasteiger charge is 2.38. The first-order valence-corrected chi connectivity index (χ1v) is 8.01. The summed E-state index contributed by atoms with van der Waals surface area (Å²) in [5.74, 6) is -1.11. The largest absolute Gasteiger partial charge is 0.507 e. The molecule has 0 fully saturated rings. The number of carbonyl (C=O) groups excluding carboxylic acids is 1. The molecule has 5 heteroatoms. The number of phenols is 3. The van der Waals surface area contributed by atoms with Crippen LogP contribution in [0.15, 0.2) is 35.9 Å². The predicted octanol–water partition coefficient (Wildman–Crippen LogP) is 3.88. The van der Waals surface area contributed by atoms with Crippen LogP contribution >= 0.6 is 0 Å². The second-order valence-electron chi connectivity index (χ2n) is 6.53. The van der Waals surface area contributed by atoms with Gasteiger partial charge in [0.25, 0.3) is 0 Å². The SMILES string of the molecule is CC(C)=CCc1ccc(O)c(C2OC(=O)c3c(O)cc(C)cc32)c1O. The molecule has 1 atom stereocenters. The zero-order chi connectivity index (χ0) is 18.3. The number of benzene rings is 2. The monoisotopic (exact) mass is 340 g/mol. The van der Waals surface area contributed by atoms with Gasteiger partial charge in [-0.3, -0.25) is 0 Å². The van der Waals surface area contributed by atoms with Crippen LogP contribution in [0.2, 0.25) is 0 Å². The lowest BCUT2D eigenvalue weighted by Gasteiger charge is -2.17. The van der Waals surface area contributed by atoms with Gasteiger partial charge in [-0.25, -0.2) is 4.79 Å². The van der Waals surface area contributed by atoms with E-state index in [9.17, 15) is 20.1 Å². The molecule has 2 aromatic carbocycles. The van der Waals surface area contributed by atoms with Crippen molar-refractivity contribution >= 4 is 5.97 Å². The number of aryl methyl sites for hydroxylation is 1. The molecule has 0 aliphatic carbocycles. The van der Waals surface area contributed by atoms with Crippen molar-refractivity contribution in [3.05, 3.63) is 63.7 Å². The lowest BCUT2D eigenvalue weighted by molar-refractivity contribution is 0.0448. The molecule has 25 heavy (non-hydrogen) atoms. The third-order valence-electron chi connectivity index (χ3n) is 4.27. The fourth-order valence-electron chi connectivity index (χ4n) is 3.05. The molecule has 0 radical (unpaired) electrons. The number of ether oxygens (including phenoxy) is 1. The van der Waals surface area contributed by atoms with Crippen molar-refractivity contribution in [2.24, 2.45) is 0 Å². The summed E-state index contributed by atoms with van der Waals surface area (Å²) in [6, 6.07) is 6.31. The average molecular weight is 340 g/mol. The summed E-state index contributed by atoms with van der Waals surface area (Å²) < 4.78 is 5.36. The summed E-state index contributed by atoms with van der Waals surface area (Å²) in [7, 11) is 0. The first-order valence-electron chi connectivity index (χ1n) is 8.01. The van der Waals surface area contributed by atoms with Gasteiger partial charge in [0.05, 0.1) is 5.56 Å². The zero-order valence-electron chi connectivity index (χ0n) is 14.3. The average Bonchev–Trinajstić information content (AvgIpc) is 2.83. The van der Waals surface area contributed by atoms with E-state index in [2.05, 4.69) is 0 Å². The summed E-state index contributed by atoms with van der Waals surface area (Å²) in [6.45, 7) is 5.70. The van der Waals surface area contributed by atoms with Crippen LogP contribution in [0.1, 0.15) is 52.6 Å². The highest BCUT2D eigenvalue weighted by atomic mass is 16.6. The van der Waals surface area contributed by atoms with Gasteiger partial charge in [0.1, 0.15) is 22.8 Å². The van der Waals surface area contributed by atoms with E-state index in [-0.39, 0.29) is 28.4 Å².